The van der Waals surface area contributed by atoms with Gasteiger partial charge in [0.1, 0.15) is 0 Å². The number of aliphatic hydroxyl groups excluding tert-OH is 1. The summed E-state index contributed by atoms with van der Waals surface area (Å²) in [4.78, 5) is 16.3. The lowest BCUT2D eigenvalue weighted by atomic mass is 9.83. The molecular weight excluding hydrogens is 385 g/mol. The number of Topliss-reactive ketones (excluding diaryl/α,β-unsaturated/α-hetero) is 1. The molecule has 0 spiro atoms. The minimum Gasteiger partial charge on any atom is -0.391 e. The highest BCUT2D eigenvalue weighted by molar-refractivity contribution is 7.99. The van der Waals surface area contributed by atoms with Gasteiger partial charge < -0.3 is 5.11 Å². The van der Waals surface area contributed by atoms with Crippen LogP contribution in [0, 0.1) is 5.92 Å². The van der Waals surface area contributed by atoms with Crippen molar-refractivity contribution in [1.82, 2.24) is 4.90 Å². The first kappa shape index (κ1) is 20.6. The molecule has 1 aliphatic carbocycles. The van der Waals surface area contributed by atoms with Crippen LogP contribution in [0.2, 0.25) is 0 Å². The molecule has 0 saturated carbocycles. The Balaban J connectivity index is 1.34. The normalized spacial score (nSPS) is 23.0. The molecule has 29 heavy (non-hydrogen) atoms. The van der Waals surface area contributed by atoms with Gasteiger partial charge in [-0.05, 0) is 55.6 Å². The number of carbonyl (C=O) groups is 1. The lowest BCUT2D eigenvalue weighted by molar-refractivity contribution is 0.0239. The third-order valence-corrected chi connectivity index (χ3v) is 7.24. The molecule has 5 heteroatoms. The Morgan fingerprint density at radius 3 is 2.34 bits per heavy atom. The van der Waals surface area contributed by atoms with Crippen LogP contribution in [0.5, 0.6) is 0 Å². The van der Waals surface area contributed by atoms with Gasteiger partial charge >= 0.3 is 0 Å². The number of thioether (sulfide) groups is 1. The van der Waals surface area contributed by atoms with E-state index in [-0.39, 0.29) is 30.5 Å². The summed E-state index contributed by atoms with van der Waals surface area (Å²) in [5.74, 6) is 0.702. The highest BCUT2D eigenvalue weighted by Crippen LogP contribution is 2.30. The number of carbonyl (C=O) groups excluding carboxylic acids is 1. The van der Waals surface area contributed by atoms with Crippen molar-refractivity contribution < 1.29 is 14.3 Å². The van der Waals surface area contributed by atoms with Crippen molar-refractivity contribution in [3.8, 4) is 0 Å². The topological polar surface area (TPSA) is 40.5 Å². The number of halogens is 1. The monoisotopic (exact) mass is 413 g/mol. The summed E-state index contributed by atoms with van der Waals surface area (Å²) < 4.78 is 12.3. The third-order valence-electron chi connectivity index (χ3n) is 6.27. The lowest BCUT2D eigenvalue weighted by Gasteiger charge is -2.41. The molecule has 0 bridgehead atoms. The Hall–Kier alpha value is -1.69. The number of likely N-dealkylation sites (tertiary alicyclic amines) is 1. The van der Waals surface area contributed by atoms with Crippen molar-refractivity contribution >= 4 is 17.5 Å². The summed E-state index contributed by atoms with van der Waals surface area (Å²) in [6, 6.07) is 16.1. The van der Waals surface area contributed by atoms with Crippen LogP contribution in [0.1, 0.15) is 34.3 Å². The van der Waals surface area contributed by atoms with Gasteiger partial charge in [-0.1, -0.05) is 36.4 Å². The van der Waals surface area contributed by atoms with E-state index in [0.717, 1.165) is 42.8 Å². The summed E-state index contributed by atoms with van der Waals surface area (Å²) in [6.45, 7) is 1.36. The van der Waals surface area contributed by atoms with Crippen LogP contribution in [-0.4, -0.2) is 53.5 Å². The summed E-state index contributed by atoms with van der Waals surface area (Å²) in [7, 11) is 0. The first-order valence-electron chi connectivity index (χ1n) is 10.5. The van der Waals surface area contributed by atoms with E-state index in [9.17, 15) is 14.3 Å². The van der Waals surface area contributed by atoms with Crippen LogP contribution < -0.4 is 0 Å². The summed E-state index contributed by atoms with van der Waals surface area (Å²) in [5, 5.41) is 10.7. The Labute approximate surface area is 176 Å². The standard InChI is InChI=1S/C24H28FNO2S/c25-11-14-29-21-7-5-17(6-8-21)24(28)18-9-12-26(13-10-18)22-15-19-3-1-2-4-20(19)16-23(22)27/h1-8,18,22-23,27H,9-16H2. The number of hydrogen-bond acceptors (Lipinski definition) is 4. The fourth-order valence-corrected chi connectivity index (χ4v) is 5.29. The Kier molecular flexibility index (Phi) is 6.68. The van der Waals surface area contributed by atoms with Gasteiger partial charge in [0.2, 0.25) is 0 Å². The fourth-order valence-electron chi connectivity index (χ4n) is 4.65. The number of aliphatic hydroxyl groups is 1. The van der Waals surface area contributed by atoms with E-state index in [4.69, 9.17) is 0 Å². The zero-order valence-electron chi connectivity index (χ0n) is 16.6. The van der Waals surface area contributed by atoms with Crippen molar-refractivity contribution in [2.45, 2.75) is 42.7 Å². The summed E-state index contributed by atoms with van der Waals surface area (Å²) in [6.07, 6.45) is 2.93. The van der Waals surface area contributed by atoms with Gasteiger partial charge in [-0.3, -0.25) is 14.1 Å². The SMILES string of the molecule is O=C(c1ccc(SCCF)cc1)C1CCN(C2Cc3ccccc3CC2O)CC1. The van der Waals surface area contributed by atoms with E-state index in [0.29, 0.717) is 12.2 Å². The number of piperidine rings is 1. The number of benzene rings is 2. The predicted octanol–water partition coefficient (Wildman–Crippen LogP) is 4.17. The molecule has 0 radical (unpaired) electrons. The molecule has 2 aromatic rings. The molecule has 1 saturated heterocycles. The fraction of sp³-hybridized carbons (Fsp3) is 0.458. The molecule has 0 amide bonds. The van der Waals surface area contributed by atoms with Gasteiger partial charge in [0.25, 0.3) is 0 Å². The van der Waals surface area contributed by atoms with Crippen LogP contribution in [0.4, 0.5) is 4.39 Å². The van der Waals surface area contributed by atoms with Crippen molar-refractivity contribution in [3.05, 3.63) is 65.2 Å². The Bertz CT molecular complexity index is 833. The Morgan fingerprint density at radius 2 is 1.69 bits per heavy atom. The first-order chi connectivity index (χ1) is 14.2. The molecule has 1 aliphatic heterocycles. The third kappa shape index (κ3) is 4.73. The molecule has 154 valence electrons. The molecule has 1 N–H and O–H groups in total. The van der Waals surface area contributed by atoms with Crippen LogP contribution in [0.25, 0.3) is 0 Å². The number of alkyl halides is 1. The average molecular weight is 414 g/mol. The minimum atomic E-state index is -0.342. The van der Waals surface area contributed by atoms with E-state index in [2.05, 4.69) is 23.1 Å². The maximum Gasteiger partial charge on any atom is 0.166 e. The van der Waals surface area contributed by atoms with Crippen molar-refractivity contribution in [1.29, 1.82) is 0 Å². The van der Waals surface area contributed by atoms with E-state index in [1.165, 1.54) is 22.9 Å². The lowest BCUT2D eigenvalue weighted by Crippen LogP contribution is -2.51. The van der Waals surface area contributed by atoms with Gasteiger partial charge in [-0.2, -0.15) is 0 Å². The van der Waals surface area contributed by atoms with E-state index >= 15 is 0 Å². The number of nitrogens with zero attached hydrogens (tertiary/aromatic N) is 1. The molecule has 2 unspecified atom stereocenters. The van der Waals surface area contributed by atoms with Crippen LogP contribution in [0.15, 0.2) is 53.4 Å². The van der Waals surface area contributed by atoms with Gasteiger partial charge in [-0.25, -0.2) is 0 Å². The van der Waals surface area contributed by atoms with Crippen molar-refractivity contribution in [3.63, 3.8) is 0 Å². The molecule has 1 heterocycles. The predicted molar refractivity (Wildman–Crippen MR) is 115 cm³/mol. The molecular formula is C24H28FNO2S. The Morgan fingerprint density at radius 1 is 1.03 bits per heavy atom. The van der Waals surface area contributed by atoms with Crippen LogP contribution in [-0.2, 0) is 12.8 Å². The zero-order valence-corrected chi connectivity index (χ0v) is 17.4. The number of fused-ring (bicyclic) bond motifs is 1. The maximum absolute atomic E-state index is 12.9. The molecule has 2 atom stereocenters. The smallest absolute Gasteiger partial charge is 0.166 e. The number of hydrogen-bond donors (Lipinski definition) is 1. The molecule has 4 rings (SSSR count). The number of rotatable bonds is 6. The largest absolute Gasteiger partial charge is 0.391 e. The molecule has 2 aromatic carbocycles. The van der Waals surface area contributed by atoms with E-state index < -0.39 is 0 Å². The van der Waals surface area contributed by atoms with Gasteiger partial charge in [0.15, 0.2) is 5.78 Å². The van der Waals surface area contributed by atoms with Gasteiger partial charge in [-0.15, -0.1) is 11.8 Å². The zero-order chi connectivity index (χ0) is 20.2. The highest BCUT2D eigenvalue weighted by Gasteiger charge is 2.35. The minimum absolute atomic E-state index is 0.0450. The summed E-state index contributed by atoms with van der Waals surface area (Å²) >= 11 is 1.47. The highest BCUT2D eigenvalue weighted by atomic mass is 32.2. The van der Waals surface area contributed by atoms with Crippen LogP contribution >= 0.6 is 11.8 Å². The van der Waals surface area contributed by atoms with E-state index in [1.54, 1.807) is 0 Å². The quantitative estimate of drug-likeness (QED) is 0.570. The van der Waals surface area contributed by atoms with E-state index in [1.807, 2.05) is 30.3 Å². The summed E-state index contributed by atoms with van der Waals surface area (Å²) in [5.41, 5.74) is 3.35. The van der Waals surface area contributed by atoms with Crippen molar-refractivity contribution in [2.24, 2.45) is 5.92 Å². The molecule has 0 aromatic heterocycles. The van der Waals surface area contributed by atoms with Gasteiger partial charge in [0.05, 0.1) is 12.8 Å². The average Bonchev–Trinajstić information content (AvgIpc) is 2.77. The maximum atomic E-state index is 12.9. The number of ketones is 1. The second-order valence-electron chi connectivity index (χ2n) is 8.05. The molecule has 3 nitrogen and oxygen atoms in total. The first-order valence-corrected chi connectivity index (χ1v) is 11.5. The molecule has 1 fully saturated rings. The second kappa shape index (κ2) is 9.41. The second-order valence-corrected chi connectivity index (χ2v) is 9.22. The molecule has 2 aliphatic rings. The van der Waals surface area contributed by atoms with Crippen molar-refractivity contribution in [2.75, 3.05) is 25.5 Å². The van der Waals surface area contributed by atoms with Gasteiger partial charge in [0, 0.05) is 34.6 Å². The van der Waals surface area contributed by atoms with Crippen LogP contribution in [0.3, 0.4) is 0 Å².